The van der Waals surface area contributed by atoms with Crippen LogP contribution < -0.4 is 5.32 Å². The van der Waals surface area contributed by atoms with Gasteiger partial charge < -0.3 is 10.4 Å². The summed E-state index contributed by atoms with van der Waals surface area (Å²) in [6.45, 7) is 0. The molecule has 0 radical (unpaired) electrons. The van der Waals surface area contributed by atoms with E-state index in [1.54, 1.807) is 24.3 Å². The second-order valence-corrected chi connectivity index (χ2v) is 5.96. The highest BCUT2D eigenvalue weighted by atomic mass is 19.1. The lowest BCUT2D eigenvalue weighted by Gasteiger charge is -2.14. The molecule has 4 nitrogen and oxygen atoms in total. The van der Waals surface area contributed by atoms with Crippen LogP contribution in [0.1, 0.15) is 45.9 Å². The van der Waals surface area contributed by atoms with Gasteiger partial charge in [0.15, 0.2) is 0 Å². The van der Waals surface area contributed by atoms with Gasteiger partial charge in [0, 0.05) is 6.42 Å². The van der Waals surface area contributed by atoms with Crippen molar-refractivity contribution in [2.75, 3.05) is 0 Å². The summed E-state index contributed by atoms with van der Waals surface area (Å²) in [4.78, 5) is 23.4. The van der Waals surface area contributed by atoms with Gasteiger partial charge in [0.25, 0.3) is 0 Å². The SMILES string of the molecule is O=C(CCc1ccccc1C(=O)O)NC1CCc2cc(F)ccc21. The molecular weight excluding hydrogens is 309 g/mol. The zero-order chi connectivity index (χ0) is 17.1. The number of carboxylic acids is 1. The molecule has 3 rings (SSSR count). The molecule has 0 saturated heterocycles. The van der Waals surface area contributed by atoms with Crippen molar-refractivity contribution in [2.24, 2.45) is 0 Å². The lowest BCUT2D eigenvalue weighted by Crippen LogP contribution is -2.27. The molecule has 5 heteroatoms. The minimum Gasteiger partial charge on any atom is -0.478 e. The normalized spacial score (nSPS) is 15.8. The standard InChI is InChI=1S/C19H18FNO3/c20-14-7-8-15-13(11-14)5-9-17(15)21-18(22)10-6-12-3-1-2-4-16(12)19(23)24/h1-4,7-8,11,17H,5-6,9-10H2,(H,21,22)(H,23,24). The predicted molar refractivity (Wildman–Crippen MR) is 87.3 cm³/mol. The van der Waals surface area contributed by atoms with Crippen molar-refractivity contribution in [2.45, 2.75) is 31.7 Å². The molecule has 2 N–H and O–H groups in total. The molecule has 0 aromatic heterocycles. The minimum atomic E-state index is -0.988. The average Bonchev–Trinajstić information content (AvgIpc) is 2.95. The Morgan fingerprint density at radius 1 is 1.21 bits per heavy atom. The van der Waals surface area contributed by atoms with Crippen LogP contribution in [0.3, 0.4) is 0 Å². The molecule has 1 unspecified atom stereocenters. The van der Waals surface area contributed by atoms with E-state index in [2.05, 4.69) is 5.32 Å². The van der Waals surface area contributed by atoms with E-state index >= 15 is 0 Å². The van der Waals surface area contributed by atoms with Crippen molar-refractivity contribution in [3.8, 4) is 0 Å². The number of carboxylic acid groups (broad SMARTS) is 1. The molecule has 0 saturated carbocycles. The van der Waals surface area contributed by atoms with Crippen LogP contribution in [0.5, 0.6) is 0 Å². The maximum absolute atomic E-state index is 13.2. The third-order valence-corrected chi connectivity index (χ3v) is 4.39. The van der Waals surface area contributed by atoms with Crippen LogP contribution >= 0.6 is 0 Å². The Hall–Kier alpha value is -2.69. The summed E-state index contributed by atoms with van der Waals surface area (Å²) in [6.07, 6.45) is 2.10. The van der Waals surface area contributed by atoms with E-state index in [1.165, 1.54) is 18.2 Å². The van der Waals surface area contributed by atoms with Crippen LogP contribution in [-0.2, 0) is 17.6 Å². The molecule has 0 heterocycles. The third kappa shape index (κ3) is 3.45. The summed E-state index contributed by atoms with van der Waals surface area (Å²) in [5, 5.41) is 12.1. The van der Waals surface area contributed by atoms with Crippen molar-refractivity contribution >= 4 is 11.9 Å². The number of halogens is 1. The van der Waals surface area contributed by atoms with Crippen LogP contribution in [0.25, 0.3) is 0 Å². The number of carbonyl (C=O) groups excluding carboxylic acids is 1. The van der Waals surface area contributed by atoms with Crippen molar-refractivity contribution in [3.05, 3.63) is 70.5 Å². The van der Waals surface area contributed by atoms with E-state index in [0.717, 1.165) is 24.0 Å². The smallest absolute Gasteiger partial charge is 0.335 e. The molecule has 1 atom stereocenters. The highest BCUT2D eigenvalue weighted by Crippen LogP contribution is 2.31. The maximum atomic E-state index is 13.2. The Morgan fingerprint density at radius 3 is 2.79 bits per heavy atom. The van der Waals surface area contributed by atoms with Gasteiger partial charge in [0.05, 0.1) is 11.6 Å². The first-order valence-corrected chi connectivity index (χ1v) is 7.93. The Labute approximate surface area is 139 Å². The van der Waals surface area contributed by atoms with E-state index in [-0.39, 0.29) is 29.8 Å². The first-order valence-electron chi connectivity index (χ1n) is 7.93. The van der Waals surface area contributed by atoms with E-state index in [9.17, 15) is 14.0 Å². The van der Waals surface area contributed by atoms with Gasteiger partial charge in [0.1, 0.15) is 5.82 Å². The van der Waals surface area contributed by atoms with Gasteiger partial charge >= 0.3 is 5.97 Å². The molecule has 0 bridgehead atoms. The third-order valence-electron chi connectivity index (χ3n) is 4.39. The Balaban J connectivity index is 1.61. The van der Waals surface area contributed by atoms with Gasteiger partial charge in [-0.15, -0.1) is 0 Å². The number of aryl methyl sites for hydroxylation is 2. The molecule has 0 fully saturated rings. The molecular formula is C19H18FNO3. The van der Waals surface area contributed by atoms with Crippen molar-refractivity contribution in [3.63, 3.8) is 0 Å². The molecule has 0 spiro atoms. The predicted octanol–water partition coefficient (Wildman–Crippen LogP) is 3.26. The van der Waals surface area contributed by atoms with E-state index in [1.807, 2.05) is 0 Å². The summed E-state index contributed by atoms with van der Waals surface area (Å²) >= 11 is 0. The first-order chi connectivity index (χ1) is 11.5. The number of rotatable bonds is 5. The number of fused-ring (bicyclic) bond motifs is 1. The minimum absolute atomic E-state index is 0.0946. The Bertz CT molecular complexity index is 788. The first kappa shape index (κ1) is 16.2. The lowest BCUT2D eigenvalue weighted by molar-refractivity contribution is -0.121. The van der Waals surface area contributed by atoms with Gasteiger partial charge in [-0.05, 0) is 54.2 Å². The summed E-state index contributed by atoms with van der Waals surface area (Å²) < 4.78 is 13.2. The lowest BCUT2D eigenvalue weighted by atomic mass is 10.0. The van der Waals surface area contributed by atoms with Gasteiger partial charge in [-0.25, -0.2) is 9.18 Å². The zero-order valence-electron chi connectivity index (χ0n) is 13.1. The molecule has 0 aliphatic heterocycles. The number of hydrogen-bond acceptors (Lipinski definition) is 2. The van der Waals surface area contributed by atoms with Crippen LogP contribution in [0.2, 0.25) is 0 Å². The highest BCUT2D eigenvalue weighted by molar-refractivity contribution is 5.89. The van der Waals surface area contributed by atoms with Gasteiger partial charge in [-0.3, -0.25) is 4.79 Å². The number of nitrogens with one attached hydrogen (secondary N) is 1. The maximum Gasteiger partial charge on any atom is 0.335 e. The number of amides is 1. The Morgan fingerprint density at radius 2 is 2.00 bits per heavy atom. The number of benzene rings is 2. The van der Waals surface area contributed by atoms with Crippen LogP contribution in [0.15, 0.2) is 42.5 Å². The van der Waals surface area contributed by atoms with Gasteiger partial charge in [-0.2, -0.15) is 0 Å². The van der Waals surface area contributed by atoms with Crippen molar-refractivity contribution in [1.29, 1.82) is 0 Å². The highest BCUT2D eigenvalue weighted by Gasteiger charge is 2.24. The van der Waals surface area contributed by atoms with Crippen LogP contribution in [0, 0.1) is 5.82 Å². The fourth-order valence-corrected chi connectivity index (χ4v) is 3.20. The molecule has 2 aromatic rings. The average molecular weight is 327 g/mol. The zero-order valence-corrected chi connectivity index (χ0v) is 13.1. The fraction of sp³-hybridized carbons (Fsp3) is 0.263. The molecule has 2 aromatic carbocycles. The Kier molecular flexibility index (Phi) is 4.60. The van der Waals surface area contributed by atoms with Crippen LogP contribution in [0.4, 0.5) is 4.39 Å². The van der Waals surface area contributed by atoms with E-state index < -0.39 is 5.97 Å². The second kappa shape index (κ2) is 6.83. The number of aromatic carboxylic acids is 1. The van der Waals surface area contributed by atoms with Crippen LogP contribution in [-0.4, -0.2) is 17.0 Å². The van der Waals surface area contributed by atoms with Crippen molar-refractivity contribution < 1.29 is 19.1 Å². The topological polar surface area (TPSA) is 66.4 Å². The quantitative estimate of drug-likeness (QED) is 0.886. The second-order valence-electron chi connectivity index (χ2n) is 5.96. The largest absolute Gasteiger partial charge is 0.478 e. The summed E-state index contributed by atoms with van der Waals surface area (Å²) in [7, 11) is 0. The van der Waals surface area contributed by atoms with Crippen molar-refractivity contribution in [1.82, 2.24) is 5.32 Å². The van der Waals surface area contributed by atoms with E-state index in [0.29, 0.717) is 12.0 Å². The van der Waals surface area contributed by atoms with Gasteiger partial charge in [0.2, 0.25) is 5.91 Å². The summed E-state index contributed by atoms with van der Waals surface area (Å²) in [6, 6.07) is 11.3. The monoisotopic (exact) mass is 327 g/mol. The molecule has 24 heavy (non-hydrogen) atoms. The van der Waals surface area contributed by atoms with Gasteiger partial charge in [-0.1, -0.05) is 24.3 Å². The molecule has 1 amide bonds. The molecule has 1 aliphatic carbocycles. The summed E-state index contributed by atoms with van der Waals surface area (Å²) in [5.74, 6) is -1.37. The number of carbonyl (C=O) groups is 2. The molecule has 1 aliphatic rings. The number of hydrogen-bond donors (Lipinski definition) is 2. The molecule has 124 valence electrons. The fourth-order valence-electron chi connectivity index (χ4n) is 3.20. The summed E-state index contributed by atoms with van der Waals surface area (Å²) in [5.41, 5.74) is 2.79. The van der Waals surface area contributed by atoms with E-state index in [4.69, 9.17) is 5.11 Å².